The minimum atomic E-state index is 0.526. The Balaban J connectivity index is 1.40. The lowest BCUT2D eigenvalue weighted by Crippen LogP contribution is -2.03. The first-order valence-electron chi connectivity index (χ1n) is 14.3. The number of rotatable bonds is 2. The van der Waals surface area contributed by atoms with Crippen molar-refractivity contribution in [2.45, 2.75) is 0 Å². The molecule has 0 aliphatic heterocycles. The predicted octanol–water partition coefficient (Wildman–Crippen LogP) is 10.2. The second-order valence-electron chi connectivity index (χ2n) is 11.0. The standard InChI is InChI=1S/C38H21N3O2/c1-2-11-23(12-3-1)34-33-32-31(21-20-28-26-15-7-9-17-30(26)42-36(28)32)43-37(33)40-38(39-34)41-29-16-8-6-14-25(29)27-19-18-22-10-4-5-13-24(22)35(27)41/h1-21H. The van der Waals surface area contributed by atoms with Gasteiger partial charge in [0.1, 0.15) is 16.7 Å². The highest BCUT2D eigenvalue weighted by molar-refractivity contribution is 6.24. The third-order valence-corrected chi connectivity index (χ3v) is 8.64. The zero-order valence-corrected chi connectivity index (χ0v) is 22.8. The maximum atomic E-state index is 6.54. The quantitative estimate of drug-likeness (QED) is 0.214. The molecule has 43 heavy (non-hydrogen) atoms. The lowest BCUT2D eigenvalue weighted by atomic mass is 10.0. The SMILES string of the molecule is c1ccc(-c2nc(-n3c4ccccc4c4ccc5ccccc5c43)nc3oc4ccc5c6ccccc6oc5c4c23)cc1. The van der Waals surface area contributed by atoms with Gasteiger partial charge in [0.2, 0.25) is 11.7 Å². The van der Waals surface area contributed by atoms with Crippen molar-refractivity contribution >= 4 is 76.6 Å². The van der Waals surface area contributed by atoms with E-state index >= 15 is 0 Å². The molecule has 0 fully saturated rings. The van der Waals surface area contributed by atoms with Gasteiger partial charge < -0.3 is 8.83 Å². The summed E-state index contributed by atoms with van der Waals surface area (Å²) in [5.74, 6) is 0.564. The normalized spacial score (nSPS) is 12.2. The maximum Gasteiger partial charge on any atom is 0.238 e. The van der Waals surface area contributed by atoms with Crippen molar-refractivity contribution in [1.82, 2.24) is 14.5 Å². The molecule has 0 atom stereocenters. The molecule has 0 N–H and O–H groups in total. The molecule has 5 heteroatoms. The van der Waals surface area contributed by atoms with Crippen molar-refractivity contribution in [3.63, 3.8) is 0 Å². The second kappa shape index (κ2) is 8.30. The van der Waals surface area contributed by atoms with E-state index < -0.39 is 0 Å². The molecule has 0 amide bonds. The fourth-order valence-corrected chi connectivity index (χ4v) is 6.77. The minimum Gasteiger partial charge on any atom is -0.455 e. The third-order valence-electron chi connectivity index (χ3n) is 8.64. The fourth-order valence-electron chi connectivity index (χ4n) is 6.77. The van der Waals surface area contributed by atoms with E-state index in [9.17, 15) is 0 Å². The summed E-state index contributed by atoms with van der Waals surface area (Å²) >= 11 is 0. The highest BCUT2D eigenvalue weighted by Gasteiger charge is 2.24. The van der Waals surface area contributed by atoms with Gasteiger partial charge in [-0.2, -0.15) is 4.98 Å². The molecule has 200 valence electrons. The largest absolute Gasteiger partial charge is 0.455 e. The summed E-state index contributed by atoms with van der Waals surface area (Å²) in [5.41, 5.74) is 6.78. The van der Waals surface area contributed by atoms with Crippen molar-refractivity contribution in [2.24, 2.45) is 0 Å². The van der Waals surface area contributed by atoms with Gasteiger partial charge in [0, 0.05) is 32.5 Å². The molecule has 4 aromatic heterocycles. The molecule has 0 saturated heterocycles. The lowest BCUT2D eigenvalue weighted by Gasteiger charge is -2.11. The third kappa shape index (κ3) is 3.05. The monoisotopic (exact) mass is 551 g/mol. The Labute approximate surface area is 244 Å². The second-order valence-corrected chi connectivity index (χ2v) is 11.0. The van der Waals surface area contributed by atoms with Crippen molar-refractivity contribution in [1.29, 1.82) is 0 Å². The first kappa shape index (κ1) is 22.7. The van der Waals surface area contributed by atoms with Crippen LogP contribution in [-0.4, -0.2) is 14.5 Å². The number of benzene rings is 6. The summed E-state index contributed by atoms with van der Waals surface area (Å²) < 4.78 is 15.2. The first-order valence-corrected chi connectivity index (χ1v) is 14.3. The Morgan fingerprint density at radius 2 is 1.23 bits per heavy atom. The zero-order chi connectivity index (χ0) is 28.1. The van der Waals surface area contributed by atoms with E-state index in [1.165, 1.54) is 5.39 Å². The minimum absolute atomic E-state index is 0.526. The summed E-state index contributed by atoms with van der Waals surface area (Å²) in [6.45, 7) is 0. The summed E-state index contributed by atoms with van der Waals surface area (Å²) in [7, 11) is 0. The Kier molecular flexibility index (Phi) is 4.39. The predicted molar refractivity (Wildman–Crippen MR) is 174 cm³/mol. The smallest absolute Gasteiger partial charge is 0.238 e. The van der Waals surface area contributed by atoms with Crippen LogP contribution >= 0.6 is 0 Å². The average molecular weight is 552 g/mol. The van der Waals surface area contributed by atoms with Crippen molar-refractivity contribution < 1.29 is 8.83 Å². The van der Waals surface area contributed by atoms with Crippen LogP contribution in [0.3, 0.4) is 0 Å². The van der Waals surface area contributed by atoms with Crippen LogP contribution in [0.5, 0.6) is 0 Å². The van der Waals surface area contributed by atoms with Crippen LogP contribution in [0.2, 0.25) is 0 Å². The van der Waals surface area contributed by atoms with Crippen LogP contribution in [-0.2, 0) is 0 Å². The number of nitrogens with zero attached hydrogens (tertiary/aromatic N) is 3. The van der Waals surface area contributed by atoms with E-state index in [1.807, 2.05) is 42.5 Å². The Bertz CT molecular complexity index is 2730. The molecule has 0 bridgehead atoms. The number of aromatic nitrogens is 3. The van der Waals surface area contributed by atoms with Gasteiger partial charge in [-0.1, -0.05) is 103 Å². The van der Waals surface area contributed by atoms with Gasteiger partial charge in [0.05, 0.1) is 27.5 Å². The molecule has 10 rings (SSSR count). The summed E-state index contributed by atoms with van der Waals surface area (Å²) in [5, 5.41) is 8.48. The van der Waals surface area contributed by atoms with Crippen LogP contribution in [0.25, 0.3) is 93.8 Å². The highest BCUT2D eigenvalue weighted by atomic mass is 16.4. The Hall–Kier alpha value is -5.94. The lowest BCUT2D eigenvalue weighted by molar-refractivity contribution is 0.649. The summed E-state index contributed by atoms with van der Waals surface area (Å²) in [6, 6.07) is 43.8. The van der Waals surface area contributed by atoms with Gasteiger partial charge >= 0.3 is 0 Å². The van der Waals surface area contributed by atoms with E-state index in [1.54, 1.807) is 0 Å². The molecule has 0 radical (unpaired) electrons. The molecule has 5 nitrogen and oxygen atoms in total. The molecule has 0 aliphatic carbocycles. The number of hydrogen-bond donors (Lipinski definition) is 0. The van der Waals surface area contributed by atoms with E-state index in [0.29, 0.717) is 11.7 Å². The van der Waals surface area contributed by atoms with Gasteiger partial charge in [0.25, 0.3) is 0 Å². The van der Waals surface area contributed by atoms with Crippen LogP contribution in [0.15, 0.2) is 136 Å². The maximum absolute atomic E-state index is 6.54. The molecular weight excluding hydrogens is 530 g/mol. The van der Waals surface area contributed by atoms with Crippen molar-refractivity contribution in [3.05, 3.63) is 127 Å². The molecular formula is C38H21N3O2. The van der Waals surface area contributed by atoms with E-state index in [0.717, 1.165) is 76.7 Å². The van der Waals surface area contributed by atoms with Gasteiger partial charge in [-0.05, 0) is 29.7 Å². The number of para-hydroxylation sites is 2. The molecule has 0 saturated carbocycles. The Morgan fingerprint density at radius 3 is 2.14 bits per heavy atom. The van der Waals surface area contributed by atoms with Crippen LogP contribution in [0.1, 0.15) is 0 Å². The summed E-state index contributed by atoms with van der Waals surface area (Å²) in [4.78, 5) is 10.5. The van der Waals surface area contributed by atoms with E-state index in [-0.39, 0.29) is 0 Å². The van der Waals surface area contributed by atoms with Crippen LogP contribution in [0.4, 0.5) is 0 Å². The van der Waals surface area contributed by atoms with Gasteiger partial charge in [-0.15, -0.1) is 0 Å². The zero-order valence-electron chi connectivity index (χ0n) is 22.8. The number of fused-ring (bicyclic) bond motifs is 12. The van der Waals surface area contributed by atoms with Gasteiger partial charge in [-0.25, -0.2) is 4.98 Å². The topological polar surface area (TPSA) is 57.0 Å². The van der Waals surface area contributed by atoms with E-state index in [4.69, 9.17) is 18.8 Å². The van der Waals surface area contributed by atoms with Crippen molar-refractivity contribution in [2.75, 3.05) is 0 Å². The van der Waals surface area contributed by atoms with Crippen LogP contribution in [0, 0.1) is 0 Å². The van der Waals surface area contributed by atoms with E-state index in [2.05, 4.69) is 89.5 Å². The molecule has 0 aliphatic rings. The highest BCUT2D eigenvalue weighted by Crippen LogP contribution is 2.43. The molecule has 6 aromatic carbocycles. The average Bonchev–Trinajstić information content (AvgIpc) is 3.74. The first-order chi connectivity index (χ1) is 21.3. The molecule has 0 spiro atoms. The molecule has 10 aromatic rings. The molecule has 0 unspecified atom stereocenters. The van der Waals surface area contributed by atoms with Gasteiger partial charge in [0.15, 0.2) is 0 Å². The fraction of sp³-hybridized carbons (Fsp3) is 0. The van der Waals surface area contributed by atoms with Gasteiger partial charge in [-0.3, -0.25) is 4.57 Å². The number of furan rings is 2. The molecule has 4 heterocycles. The summed E-state index contributed by atoms with van der Waals surface area (Å²) in [6.07, 6.45) is 0. The van der Waals surface area contributed by atoms with Crippen LogP contribution < -0.4 is 0 Å². The Morgan fingerprint density at radius 1 is 0.488 bits per heavy atom. The number of hydrogen-bond acceptors (Lipinski definition) is 4. The van der Waals surface area contributed by atoms with Crippen molar-refractivity contribution in [3.8, 4) is 17.2 Å².